The molecule has 0 atom stereocenters. The molecule has 0 saturated carbocycles. The Morgan fingerprint density at radius 1 is 1.00 bits per heavy atom. The van der Waals surface area contributed by atoms with Crippen LogP contribution in [-0.4, -0.2) is 42.5 Å². The summed E-state index contributed by atoms with van der Waals surface area (Å²) >= 11 is 0. The van der Waals surface area contributed by atoms with Crippen LogP contribution in [0.15, 0.2) is 54.6 Å². The maximum atomic E-state index is 11.9. The third-order valence-electron chi connectivity index (χ3n) is 3.92. The van der Waals surface area contributed by atoms with E-state index in [0.29, 0.717) is 13.1 Å². The largest absolute Gasteiger partial charge is 0.455 e. The maximum Gasteiger partial charge on any atom is 0.324 e. The standard InChI is InChI=1S/C19H18N2O4/c22-17(21-11-10-20-19(21)24)13-25-18(23)12-14-6-8-16(9-7-14)15-4-2-1-3-5-15/h1-9H,10-13H2,(H,20,24). The molecule has 2 aromatic rings. The van der Waals surface area contributed by atoms with Gasteiger partial charge >= 0.3 is 12.0 Å². The summed E-state index contributed by atoms with van der Waals surface area (Å²) in [5.74, 6) is -1.01. The van der Waals surface area contributed by atoms with E-state index >= 15 is 0 Å². The Morgan fingerprint density at radius 2 is 1.68 bits per heavy atom. The van der Waals surface area contributed by atoms with Crippen LogP contribution in [0.1, 0.15) is 5.56 Å². The summed E-state index contributed by atoms with van der Waals surface area (Å²) in [4.78, 5) is 36.1. The van der Waals surface area contributed by atoms with E-state index in [1.165, 1.54) is 0 Å². The smallest absolute Gasteiger partial charge is 0.324 e. The lowest BCUT2D eigenvalue weighted by Gasteiger charge is -2.12. The zero-order valence-electron chi connectivity index (χ0n) is 13.6. The number of benzene rings is 2. The molecule has 25 heavy (non-hydrogen) atoms. The average molecular weight is 338 g/mol. The molecule has 3 amide bonds. The molecule has 0 aromatic heterocycles. The van der Waals surface area contributed by atoms with Gasteiger partial charge in [-0.05, 0) is 16.7 Å². The molecule has 1 heterocycles. The molecular weight excluding hydrogens is 320 g/mol. The number of urea groups is 1. The van der Waals surface area contributed by atoms with Crippen LogP contribution >= 0.6 is 0 Å². The summed E-state index contributed by atoms with van der Waals surface area (Å²) in [5.41, 5.74) is 2.97. The quantitative estimate of drug-likeness (QED) is 0.846. The molecule has 6 nitrogen and oxygen atoms in total. The van der Waals surface area contributed by atoms with E-state index in [0.717, 1.165) is 21.6 Å². The van der Waals surface area contributed by atoms with E-state index in [2.05, 4.69) is 5.32 Å². The van der Waals surface area contributed by atoms with Crippen molar-refractivity contribution in [2.45, 2.75) is 6.42 Å². The highest BCUT2D eigenvalue weighted by molar-refractivity contribution is 5.97. The van der Waals surface area contributed by atoms with Crippen LogP contribution in [0.2, 0.25) is 0 Å². The molecule has 3 rings (SSSR count). The van der Waals surface area contributed by atoms with Gasteiger partial charge in [0.25, 0.3) is 5.91 Å². The Bertz CT molecular complexity index is 772. The van der Waals surface area contributed by atoms with E-state index in [4.69, 9.17) is 4.74 Å². The van der Waals surface area contributed by atoms with Gasteiger partial charge < -0.3 is 10.1 Å². The number of rotatable bonds is 5. The summed E-state index contributed by atoms with van der Waals surface area (Å²) in [6.07, 6.45) is 0.0779. The van der Waals surface area contributed by atoms with Gasteiger partial charge in [0.2, 0.25) is 0 Å². The van der Waals surface area contributed by atoms with Crippen LogP contribution in [0.3, 0.4) is 0 Å². The average Bonchev–Trinajstić information content (AvgIpc) is 3.07. The minimum atomic E-state index is -0.511. The first kappa shape index (κ1) is 16.7. The summed E-state index contributed by atoms with van der Waals surface area (Å²) in [7, 11) is 0. The fraction of sp³-hybridized carbons (Fsp3) is 0.211. The van der Waals surface area contributed by atoms with Crippen LogP contribution in [0.4, 0.5) is 4.79 Å². The third kappa shape index (κ3) is 4.23. The Labute approximate surface area is 145 Å². The van der Waals surface area contributed by atoms with Gasteiger partial charge in [-0.3, -0.25) is 14.5 Å². The molecular formula is C19H18N2O4. The van der Waals surface area contributed by atoms with Crippen molar-refractivity contribution in [3.63, 3.8) is 0 Å². The maximum absolute atomic E-state index is 11.9. The van der Waals surface area contributed by atoms with E-state index in [9.17, 15) is 14.4 Å². The molecule has 6 heteroatoms. The second kappa shape index (κ2) is 7.61. The molecule has 0 unspecified atom stereocenters. The number of carbonyl (C=O) groups excluding carboxylic acids is 3. The Morgan fingerprint density at radius 3 is 2.32 bits per heavy atom. The molecule has 1 fully saturated rings. The van der Waals surface area contributed by atoms with Crippen LogP contribution in [0.5, 0.6) is 0 Å². The van der Waals surface area contributed by atoms with Crippen molar-refractivity contribution >= 4 is 17.9 Å². The van der Waals surface area contributed by atoms with E-state index in [-0.39, 0.29) is 6.42 Å². The highest BCUT2D eigenvalue weighted by Gasteiger charge is 2.26. The minimum absolute atomic E-state index is 0.0779. The second-order valence-corrected chi connectivity index (χ2v) is 5.68. The SMILES string of the molecule is O=C(Cc1ccc(-c2ccccc2)cc1)OCC(=O)N1CCNC1=O. The monoisotopic (exact) mass is 338 g/mol. The Kier molecular flexibility index (Phi) is 5.09. The second-order valence-electron chi connectivity index (χ2n) is 5.68. The minimum Gasteiger partial charge on any atom is -0.455 e. The Balaban J connectivity index is 1.51. The topological polar surface area (TPSA) is 75.7 Å². The van der Waals surface area contributed by atoms with Gasteiger partial charge in [-0.1, -0.05) is 54.6 Å². The summed E-state index contributed by atoms with van der Waals surface area (Å²) in [5, 5.41) is 2.52. The number of nitrogens with one attached hydrogen (secondary N) is 1. The predicted octanol–water partition coefficient (Wildman–Crippen LogP) is 1.99. The number of nitrogens with zero attached hydrogens (tertiary/aromatic N) is 1. The van der Waals surface area contributed by atoms with E-state index in [1.54, 1.807) is 0 Å². The van der Waals surface area contributed by atoms with Crippen LogP contribution in [0.25, 0.3) is 11.1 Å². The van der Waals surface area contributed by atoms with Crippen LogP contribution < -0.4 is 5.32 Å². The first-order valence-corrected chi connectivity index (χ1v) is 8.01. The fourth-order valence-corrected chi connectivity index (χ4v) is 2.59. The molecule has 0 aliphatic carbocycles. The zero-order chi connectivity index (χ0) is 17.6. The predicted molar refractivity (Wildman–Crippen MR) is 91.7 cm³/mol. The fourth-order valence-electron chi connectivity index (χ4n) is 2.59. The number of imide groups is 1. The highest BCUT2D eigenvalue weighted by atomic mass is 16.5. The number of ether oxygens (including phenoxy) is 1. The Hall–Kier alpha value is -3.15. The molecule has 128 valence electrons. The van der Waals surface area contributed by atoms with Gasteiger partial charge in [0, 0.05) is 13.1 Å². The number of amides is 3. The van der Waals surface area contributed by atoms with Crippen molar-refractivity contribution in [1.82, 2.24) is 10.2 Å². The lowest BCUT2D eigenvalue weighted by molar-refractivity contribution is -0.150. The van der Waals surface area contributed by atoms with Crippen molar-refractivity contribution in [3.05, 3.63) is 60.2 Å². The van der Waals surface area contributed by atoms with Gasteiger partial charge in [0.15, 0.2) is 6.61 Å². The number of hydrogen-bond acceptors (Lipinski definition) is 4. The third-order valence-corrected chi connectivity index (χ3v) is 3.92. The first-order valence-electron chi connectivity index (χ1n) is 8.01. The van der Waals surface area contributed by atoms with Gasteiger partial charge in [0.05, 0.1) is 6.42 Å². The van der Waals surface area contributed by atoms with Crippen molar-refractivity contribution in [2.24, 2.45) is 0 Å². The highest BCUT2D eigenvalue weighted by Crippen LogP contribution is 2.19. The van der Waals surface area contributed by atoms with Crippen molar-refractivity contribution < 1.29 is 19.1 Å². The molecule has 0 bridgehead atoms. The molecule has 1 N–H and O–H groups in total. The van der Waals surface area contributed by atoms with Crippen molar-refractivity contribution in [3.8, 4) is 11.1 Å². The van der Waals surface area contributed by atoms with Gasteiger partial charge in [-0.15, -0.1) is 0 Å². The summed E-state index contributed by atoms with van der Waals surface area (Å²) in [6.45, 7) is 0.302. The number of carbonyl (C=O) groups is 3. The van der Waals surface area contributed by atoms with Crippen molar-refractivity contribution in [1.29, 1.82) is 0 Å². The molecule has 0 radical (unpaired) electrons. The summed E-state index contributed by atoms with van der Waals surface area (Å²) < 4.78 is 4.97. The molecule has 1 saturated heterocycles. The van der Waals surface area contributed by atoms with Crippen molar-refractivity contribution in [2.75, 3.05) is 19.7 Å². The van der Waals surface area contributed by atoms with Gasteiger partial charge in [-0.2, -0.15) is 0 Å². The molecule has 0 spiro atoms. The van der Waals surface area contributed by atoms with Gasteiger partial charge in [0.1, 0.15) is 0 Å². The molecule has 1 aliphatic rings. The normalized spacial score (nSPS) is 13.4. The number of hydrogen-bond donors (Lipinski definition) is 1. The van der Waals surface area contributed by atoms with E-state index < -0.39 is 24.5 Å². The number of esters is 1. The first-order chi connectivity index (χ1) is 12.1. The lowest BCUT2D eigenvalue weighted by Crippen LogP contribution is -2.37. The lowest BCUT2D eigenvalue weighted by atomic mass is 10.0. The molecule has 1 aliphatic heterocycles. The van der Waals surface area contributed by atoms with Crippen LogP contribution in [-0.2, 0) is 20.7 Å². The van der Waals surface area contributed by atoms with E-state index in [1.807, 2.05) is 54.6 Å². The van der Waals surface area contributed by atoms with Crippen LogP contribution in [0, 0.1) is 0 Å². The van der Waals surface area contributed by atoms with Gasteiger partial charge in [-0.25, -0.2) is 4.79 Å². The summed E-state index contributed by atoms with van der Waals surface area (Å²) in [6, 6.07) is 17.1. The molecule has 2 aromatic carbocycles. The zero-order valence-corrected chi connectivity index (χ0v) is 13.6.